The molecule has 0 spiro atoms. The van der Waals surface area contributed by atoms with Crippen molar-refractivity contribution in [2.45, 2.75) is 26.9 Å². The summed E-state index contributed by atoms with van der Waals surface area (Å²) in [4.78, 5) is 0. The van der Waals surface area contributed by atoms with E-state index in [2.05, 4.69) is 24.2 Å². The highest BCUT2D eigenvalue weighted by molar-refractivity contribution is 5.27. The highest BCUT2D eigenvalue weighted by Crippen LogP contribution is 2.14. The number of aromatic nitrogens is 3. The molecule has 102 valence electrons. The Kier molecular flexibility index (Phi) is 4.52. The zero-order valence-corrected chi connectivity index (χ0v) is 11.4. The molecule has 0 bridgehead atoms. The van der Waals surface area contributed by atoms with Crippen molar-refractivity contribution in [1.82, 2.24) is 15.0 Å². The lowest BCUT2D eigenvalue weighted by atomic mass is 10.2. The van der Waals surface area contributed by atoms with E-state index in [1.807, 2.05) is 28.9 Å². The third-order valence-corrected chi connectivity index (χ3v) is 2.75. The lowest BCUT2D eigenvalue weighted by Crippen LogP contribution is -2.10. The Balaban J connectivity index is 1.98. The van der Waals surface area contributed by atoms with Crippen LogP contribution in [0.3, 0.4) is 0 Å². The first kappa shape index (κ1) is 13.5. The van der Waals surface area contributed by atoms with Crippen LogP contribution in [-0.2, 0) is 13.1 Å². The number of hydrogen-bond donors (Lipinski definition) is 1. The van der Waals surface area contributed by atoms with Gasteiger partial charge < -0.3 is 10.5 Å². The molecule has 1 heterocycles. The molecule has 0 saturated heterocycles. The molecule has 19 heavy (non-hydrogen) atoms. The van der Waals surface area contributed by atoms with E-state index in [9.17, 15) is 0 Å². The summed E-state index contributed by atoms with van der Waals surface area (Å²) in [6.45, 7) is 6.13. The Morgan fingerprint density at radius 3 is 2.63 bits per heavy atom. The fourth-order valence-corrected chi connectivity index (χ4v) is 1.70. The van der Waals surface area contributed by atoms with Crippen LogP contribution in [0, 0.1) is 5.92 Å². The van der Waals surface area contributed by atoms with E-state index in [0.717, 1.165) is 23.6 Å². The number of hydrogen-bond acceptors (Lipinski definition) is 4. The summed E-state index contributed by atoms with van der Waals surface area (Å²) in [6, 6.07) is 8.04. The summed E-state index contributed by atoms with van der Waals surface area (Å²) < 4.78 is 7.46. The van der Waals surface area contributed by atoms with Crippen molar-refractivity contribution >= 4 is 0 Å². The maximum absolute atomic E-state index is 5.65. The van der Waals surface area contributed by atoms with Crippen molar-refractivity contribution < 1.29 is 4.74 Å². The Morgan fingerprint density at radius 2 is 2.00 bits per heavy atom. The van der Waals surface area contributed by atoms with Gasteiger partial charge in [0, 0.05) is 6.54 Å². The lowest BCUT2D eigenvalue weighted by Gasteiger charge is -2.09. The van der Waals surface area contributed by atoms with Crippen LogP contribution in [0.15, 0.2) is 30.5 Å². The minimum Gasteiger partial charge on any atom is -0.493 e. The van der Waals surface area contributed by atoms with Crippen LogP contribution < -0.4 is 10.5 Å². The van der Waals surface area contributed by atoms with E-state index in [0.29, 0.717) is 19.0 Å². The molecule has 1 aromatic carbocycles. The van der Waals surface area contributed by atoms with Gasteiger partial charge in [-0.15, -0.1) is 5.10 Å². The summed E-state index contributed by atoms with van der Waals surface area (Å²) >= 11 is 0. The molecule has 2 rings (SSSR count). The van der Waals surface area contributed by atoms with Gasteiger partial charge in [-0.25, -0.2) is 4.68 Å². The third kappa shape index (κ3) is 3.79. The monoisotopic (exact) mass is 260 g/mol. The highest BCUT2D eigenvalue weighted by atomic mass is 16.5. The molecule has 0 radical (unpaired) electrons. The molecule has 5 nitrogen and oxygen atoms in total. The maximum Gasteiger partial charge on any atom is 0.119 e. The second-order valence-electron chi connectivity index (χ2n) is 4.94. The van der Waals surface area contributed by atoms with E-state index in [1.54, 1.807) is 6.20 Å². The number of nitrogens with two attached hydrogens (primary N) is 1. The molecule has 0 atom stereocenters. The first-order valence-electron chi connectivity index (χ1n) is 6.48. The Bertz CT molecular complexity index is 504. The fraction of sp³-hybridized carbons (Fsp3) is 0.429. The molecule has 0 unspecified atom stereocenters. The molecule has 5 heteroatoms. The fourth-order valence-electron chi connectivity index (χ4n) is 1.70. The van der Waals surface area contributed by atoms with Crippen LogP contribution in [0.1, 0.15) is 25.1 Å². The molecule has 0 aliphatic rings. The zero-order valence-electron chi connectivity index (χ0n) is 11.4. The number of nitrogens with zero attached hydrogens (tertiary/aromatic N) is 3. The first-order valence-corrected chi connectivity index (χ1v) is 6.48. The van der Waals surface area contributed by atoms with Crippen molar-refractivity contribution in [2.75, 3.05) is 6.61 Å². The number of ether oxygens (including phenoxy) is 1. The second-order valence-corrected chi connectivity index (χ2v) is 4.94. The molecular weight excluding hydrogens is 240 g/mol. The summed E-state index contributed by atoms with van der Waals surface area (Å²) in [5.41, 5.74) is 7.70. The van der Waals surface area contributed by atoms with Gasteiger partial charge in [-0.2, -0.15) is 0 Å². The van der Waals surface area contributed by atoms with Gasteiger partial charge in [0.2, 0.25) is 0 Å². The summed E-state index contributed by atoms with van der Waals surface area (Å²) in [5.74, 6) is 1.43. The normalized spacial score (nSPS) is 10.9. The van der Waals surface area contributed by atoms with Gasteiger partial charge in [-0.1, -0.05) is 31.2 Å². The van der Waals surface area contributed by atoms with Crippen LogP contribution in [0.4, 0.5) is 0 Å². The highest BCUT2D eigenvalue weighted by Gasteiger charge is 2.03. The topological polar surface area (TPSA) is 66.0 Å². The molecule has 0 amide bonds. The Hall–Kier alpha value is -1.88. The Morgan fingerprint density at radius 1 is 1.26 bits per heavy atom. The molecule has 1 aromatic heterocycles. The van der Waals surface area contributed by atoms with E-state index in [1.165, 1.54) is 0 Å². The van der Waals surface area contributed by atoms with E-state index >= 15 is 0 Å². The summed E-state index contributed by atoms with van der Waals surface area (Å²) in [5, 5.41) is 7.88. The predicted octanol–water partition coefficient (Wildman–Crippen LogP) is 1.82. The van der Waals surface area contributed by atoms with Gasteiger partial charge in [0.25, 0.3) is 0 Å². The standard InChI is InChI=1S/C14H20N4O/c1-11(2)10-19-14-5-3-12(4-6-14)9-18-13(7-15)8-16-17-18/h3-6,8,11H,7,9-10,15H2,1-2H3. The van der Waals surface area contributed by atoms with Gasteiger partial charge in [-0.05, 0) is 23.6 Å². The van der Waals surface area contributed by atoms with E-state index in [-0.39, 0.29) is 0 Å². The molecule has 0 aliphatic carbocycles. The molecule has 2 N–H and O–H groups in total. The van der Waals surface area contributed by atoms with Gasteiger partial charge >= 0.3 is 0 Å². The summed E-state index contributed by atoms with van der Waals surface area (Å²) in [6.07, 6.45) is 1.69. The van der Waals surface area contributed by atoms with Crippen molar-refractivity contribution in [3.05, 3.63) is 41.7 Å². The van der Waals surface area contributed by atoms with Crippen LogP contribution in [0.25, 0.3) is 0 Å². The summed E-state index contributed by atoms with van der Waals surface area (Å²) in [7, 11) is 0. The number of rotatable bonds is 6. The molecule has 0 fully saturated rings. The van der Waals surface area contributed by atoms with Crippen molar-refractivity contribution in [3.63, 3.8) is 0 Å². The largest absolute Gasteiger partial charge is 0.493 e. The van der Waals surface area contributed by atoms with Crippen molar-refractivity contribution in [3.8, 4) is 5.75 Å². The van der Waals surface area contributed by atoms with Crippen molar-refractivity contribution in [2.24, 2.45) is 11.7 Å². The average molecular weight is 260 g/mol. The minimum absolute atomic E-state index is 0.447. The van der Waals surface area contributed by atoms with Gasteiger partial charge in [0.15, 0.2) is 0 Å². The Labute approximate surface area is 113 Å². The van der Waals surface area contributed by atoms with Crippen LogP contribution in [0.2, 0.25) is 0 Å². The zero-order chi connectivity index (χ0) is 13.7. The molecule has 0 saturated carbocycles. The number of benzene rings is 1. The third-order valence-electron chi connectivity index (χ3n) is 2.75. The molecule has 0 aliphatic heterocycles. The maximum atomic E-state index is 5.65. The lowest BCUT2D eigenvalue weighted by molar-refractivity contribution is 0.271. The average Bonchev–Trinajstić information content (AvgIpc) is 2.85. The SMILES string of the molecule is CC(C)COc1ccc(Cn2nncc2CN)cc1. The van der Waals surface area contributed by atoms with Crippen LogP contribution >= 0.6 is 0 Å². The van der Waals surface area contributed by atoms with Gasteiger partial charge in [-0.3, -0.25) is 0 Å². The van der Waals surface area contributed by atoms with E-state index in [4.69, 9.17) is 10.5 Å². The van der Waals surface area contributed by atoms with E-state index < -0.39 is 0 Å². The van der Waals surface area contributed by atoms with Gasteiger partial charge in [0.1, 0.15) is 5.75 Å². The van der Waals surface area contributed by atoms with Crippen LogP contribution in [0.5, 0.6) is 5.75 Å². The van der Waals surface area contributed by atoms with Gasteiger partial charge in [0.05, 0.1) is 25.0 Å². The van der Waals surface area contributed by atoms with Crippen LogP contribution in [-0.4, -0.2) is 21.6 Å². The minimum atomic E-state index is 0.447. The second kappa shape index (κ2) is 6.33. The molecular formula is C14H20N4O. The smallest absolute Gasteiger partial charge is 0.119 e. The quantitative estimate of drug-likeness (QED) is 0.860. The first-order chi connectivity index (χ1) is 9.19. The predicted molar refractivity (Wildman–Crippen MR) is 73.8 cm³/mol. The molecule has 2 aromatic rings. The van der Waals surface area contributed by atoms with Crippen molar-refractivity contribution in [1.29, 1.82) is 0 Å².